The van der Waals surface area contributed by atoms with Gasteiger partial charge in [-0.15, -0.1) is 0 Å². The molecule has 1 rings (SSSR count). The second kappa shape index (κ2) is 7.89. The van der Waals surface area contributed by atoms with Crippen LogP contribution in [0.25, 0.3) is 0 Å². The summed E-state index contributed by atoms with van der Waals surface area (Å²) in [6.45, 7) is 1.54. The van der Waals surface area contributed by atoms with E-state index < -0.39 is 0 Å². The summed E-state index contributed by atoms with van der Waals surface area (Å²) in [4.78, 5) is 17.5. The fourth-order valence-electron chi connectivity index (χ4n) is 1.55. The first kappa shape index (κ1) is 13.8. The number of aliphatic hydroxyl groups is 2. The highest BCUT2D eigenvalue weighted by molar-refractivity contribution is 5.95. The summed E-state index contributed by atoms with van der Waals surface area (Å²) in [6.07, 6.45) is 3.54. The molecule has 0 atom stereocenters. The number of pyridine rings is 1. The van der Waals surface area contributed by atoms with E-state index in [4.69, 9.17) is 10.2 Å². The molecule has 0 bridgehead atoms. The number of aliphatic hydroxyl groups excluding tert-OH is 2. The molecule has 94 valence electrons. The number of hydrogen-bond acceptors (Lipinski definition) is 5. The second-order valence-electron chi connectivity index (χ2n) is 3.70. The lowest BCUT2D eigenvalue weighted by atomic mass is 10.1. The van der Waals surface area contributed by atoms with E-state index in [9.17, 15) is 4.79 Å². The number of hydrogen-bond donors (Lipinski definition) is 2. The third-order valence-corrected chi connectivity index (χ3v) is 2.47. The number of carbonyl (C=O) groups is 1. The van der Waals surface area contributed by atoms with Crippen LogP contribution in [0, 0.1) is 0 Å². The van der Waals surface area contributed by atoms with Gasteiger partial charge >= 0.3 is 0 Å². The van der Waals surface area contributed by atoms with E-state index in [0.29, 0.717) is 31.6 Å². The van der Waals surface area contributed by atoms with Gasteiger partial charge in [-0.05, 0) is 12.1 Å². The molecule has 0 aliphatic rings. The minimum absolute atomic E-state index is 0.0268. The SMILES string of the molecule is O=C(CCN(CCO)CCO)c1cccnc1. The van der Waals surface area contributed by atoms with Gasteiger partial charge in [0.15, 0.2) is 5.78 Å². The monoisotopic (exact) mass is 238 g/mol. The van der Waals surface area contributed by atoms with Crippen LogP contribution in [0.5, 0.6) is 0 Å². The van der Waals surface area contributed by atoms with E-state index >= 15 is 0 Å². The van der Waals surface area contributed by atoms with Crippen molar-refractivity contribution in [3.63, 3.8) is 0 Å². The van der Waals surface area contributed by atoms with Crippen molar-refractivity contribution >= 4 is 5.78 Å². The van der Waals surface area contributed by atoms with Crippen molar-refractivity contribution in [2.75, 3.05) is 32.8 Å². The predicted octanol–water partition coefficient (Wildman–Crippen LogP) is -0.0590. The fourth-order valence-corrected chi connectivity index (χ4v) is 1.55. The molecule has 5 heteroatoms. The topological polar surface area (TPSA) is 73.7 Å². The highest BCUT2D eigenvalue weighted by Crippen LogP contribution is 2.02. The summed E-state index contributed by atoms with van der Waals surface area (Å²) in [5.74, 6) is 0.0268. The molecular formula is C12H18N2O3. The first-order chi connectivity index (χ1) is 8.27. The fraction of sp³-hybridized carbons (Fsp3) is 0.500. The van der Waals surface area contributed by atoms with E-state index in [2.05, 4.69) is 4.98 Å². The average Bonchev–Trinajstić information content (AvgIpc) is 2.37. The maximum Gasteiger partial charge on any atom is 0.165 e. The molecule has 0 spiro atoms. The zero-order valence-corrected chi connectivity index (χ0v) is 9.75. The van der Waals surface area contributed by atoms with E-state index in [0.717, 1.165) is 0 Å². The van der Waals surface area contributed by atoms with E-state index in [-0.39, 0.29) is 19.0 Å². The highest BCUT2D eigenvalue weighted by atomic mass is 16.3. The standard InChI is InChI=1S/C12H18N2O3/c15-8-6-14(7-9-16)5-3-12(17)11-2-1-4-13-10-11/h1-2,4,10,15-16H,3,5-9H2. The summed E-state index contributed by atoms with van der Waals surface area (Å²) < 4.78 is 0. The molecule has 1 heterocycles. The van der Waals surface area contributed by atoms with Gasteiger partial charge in [-0.2, -0.15) is 0 Å². The number of ketones is 1. The summed E-state index contributed by atoms with van der Waals surface area (Å²) in [5, 5.41) is 17.7. The molecule has 0 saturated carbocycles. The Bertz CT molecular complexity index is 324. The van der Waals surface area contributed by atoms with Gasteiger partial charge in [0.2, 0.25) is 0 Å². The molecule has 0 aromatic carbocycles. The minimum atomic E-state index is 0.0268. The lowest BCUT2D eigenvalue weighted by molar-refractivity contribution is 0.0946. The number of carbonyl (C=O) groups excluding carboxylic acids is 1. The third kappa shape index (κ3) is 5.04. The van der Waals surface area contributed by atoms with Gasteiger partial charge in [0.25, 0.3) is 0 Å². The largest absolute Gasteiger partial charge is 0.395 e. The van der Waals surface area contributed by atoms with Crippen LogP contribution in [0.2, 0.25) is 0 Å². The molecule has 0 radical (unpaired) electrons. The first-order valence-electron chi connectivity index (χ1n) is 5.65. The minimum Gasteiger partial charge on any atom is -0.395 e. The number of Topliss-reactive ketones (excluding diaryl/α,β-unsaturated/α-hetero) is 1. The van der Waals surface area contributed by atoms with Gasteiger partial charge in [-0.3, -0.25) is 14.7 Å². The molecular weight excluding hydrogens is 220 g/mol. The summed E-state index contributed by atoms with van der Waals surface area (Å²) in [7, 11) is 0. The van der Waals surface area contributed by atoms with Crippen LogP contribution in [-0.2, 0) is 0 Å². The van der Waals surface area contributed by atoms with Crippen LogP contribution >= 0.6 is 0 Å². The van der Waals surface area contributed by atoms with Gasteiger partial charge in [-0.1, -0.05) is 0 Å². The Morgan fingerprint density at radius 1 is 1.24 bits per heavy atom. The van der Waals surface area contributed by atoms with Gasteiger partial charge in [0.1, 0.15) is 0 Å². The molecule has 0 amide bonds. The van der Waals surface area contributed by atoms with Gasteiger partial charge < -0.3 is 10.2 Å². The zero-order chi connectivity index (χ0) is 12.5. The molecule has 0 fully saturated rings. The van der Waals surface area contributed by atoms with Crippen LogP contribution in [0.3, 0.4) is 0 Å². The molecule has 5 nitrogen and oxygen atoms in total. The molecule has 0 unspecified atom stereocenters. The van der Waals surface area contributed by atoms with Crippen molar-refractivity contribution in [2.24, 2.45) is 0 Å². The highest BCUT2D eigenvalue weighted by Gasteiger charge is 2.09. The number of rotatable bonds is 8. The Morgan fingerprint density at radius 2 is 1.94 bits per heavy atom. The van der Waals surface area contributed by atoms with Crippen LogP contribution in [0.15, 0.2) is 24.5 Å². The van der Waals surface area contributed by atoms with Crippen molar-refractivity contribution in [2.45, 2.75) is 6.42 Å². The summed E-state index contributed by atoms with van der Waals surface area (Å²) >= 11 is 0. The van der Waals surface area contributed by atoms with Gasteiger partial charge in [0.05, 0.1) is 13.2 Å². The van der Waals surface area contributed by atoms with E-state index in [1.165, 1.54) is 0 Å². The Labute approximate surface area is 101 Å². The van der Waals surface area contributed by atoms with Crippen molar-refractivity contribution in [1.82, 2.24) is 9.88 Å². The normalized spacial score (nSPS) is 10.8. The Hall–Kier alpha value is -1.30. The third-order valence-electron chi connectivity index (χ3n) is 2.47. The van der Waals surface area contributed by atoms with Crippen LogP contribution in [0.1, 0.15) is 16.8 Å². The van der Waals surface area contributed by atoms with Crippen molar-refractivity contribution < 1.29 is 15.0 Å². The lowest BCUT2D eigenvalue weighted by Crippen LogP contribution is -2.31. The zero-order valence-electron chi connectivity index (χ0n) is 9.75. The van der Waals surface area contributed by atoms with Crippen LogP contribution in [0.4, 0.5) is 0 Å². The van der Waals surface area contributed by atoms with Crippen molar-refractivity contribution in [1.29, 1.82) is 0 Å². The molecule has 1 aromatic rings. The molecule has 17 heavy (non-hydrogen) atoms. The average molecular weight is 238 g/mol. The Kier molecular flexibility index (Phi) is 6.39. The maximum atomic E-state index is 11.8. The molecule has 2 N–H and O–H groups in total. The lowest BCUT2D eigenvalue weighted by Gasteiger charge is -2.19. The second-order valence-corrected chi connectivity index (χ2v) is 3.70. The molecule has 1 aromatic heterocycles. The van der Waals surface area contributed by atoms with Crippen LogP contribution < -0.4 is 0 Å². The number of aromatic nitrogens is 1. The van der Waals surface area contributed by atoms with Crippen LogP contribution in [-0.4, -0.2) is 58.7 Å². The first-order valence-corrected chi connectivity index (χ1v) is 5.65. The molecule has 0 aliphatic heterocycles. The Balaban J connectivity index is 2.41. The molecule has 0 aliphatic carbocycles. The summed E-state index contributed by atoms with van der Waals surface area (Å²) in [6, 6.07) is 3.46. The van der Waals surface area contributed by atoms with Gasteiger partial charge in [-0.25, -0.2) is 0 Å². The quantitative estimate of drug-likeness (QED) is 0.621. The predicted molar refractivity (Wildman–Crippen MR) is 63.8 cm³/mol. The van der Waals surface area contributed by atoms with Gasteiger partial charge in [0, 0.05) is 44.0 Å². The summed E-state index contributed by atoms with van der Waals surface area (Å²) in [5.41, 5.74) is 0.598. The number of nitrogens with zero attached hydrogens (tertiary/aromatic N) is 2. The van der Waals surface area contributed by atoms with Crippen molar-refractivity contribution in [3.8, 4) is 0 Å². The van der Waals surface area contributed by atoms with E-state index in [1.807, 2.05) is 4.90 Å². The Morgan fingerprint density at radius 3 is 2.47 bits per heavy atom. The van der Waals surface area contributed by atoms with Crippen molar-refractivity contribution in [3.05, 3.63) is 30.1 Å². The van der Waals surface area contributed by atoms with E-state index in [1.54, 1.807) is 24.5 Å². The maximum absolute atomic E-state index is 11.8. The molecule has 0 saturated heterocycles. The smallest absolute Gasteiger partial charge is 0.165 e.